The third-order valence-electron chi connectivity index (χ3n) is 2.66. The average Bonchev–Trinajstić information content (AvgIpc) is 2.44. The first-order valence-electron chi connectivity index (χ1n) is 6.43. The van der Waals surface area contributed by atoms with Crippen LogP contribution in [0.25, 0.3) is 11.4 Å². The van der Waals surface area contributed by atoms with Crippen LogP contribution in [0, 0.1) is 6.92 Å². The highest BCUT2D eigenvalue weighted by atomic mass is 16.5. The quantitative estimate of drug-likeness (QED) is 0.900. The molecule has 106 valence electrons. The maximum absolute atomic E-state index is 5.72. The van der Waals surface area contributed by atoms with E-state index in [0.29, 0.717) is 18.2 Å². The number of methoxy groups -OCH3 is 1. The molecule has 0 radical (unpaired) electrons. The van der Waals surface area contributed by atoms with Crippen molar-refractivity contribution in [3.8, 4) is 23.1 Å². The second kappa shape index (κ2) is 6.18. The summed E-state index contributed by atoms with van der Waals surface area (Å²) < 4.78 is 10.8. The third-order valence-corrected chi connectivity index (χ3v) is 2.66. The van der Waals surface area contributed by atoms with E-state index in [-0.39, 0.29) is 12.0 Å². The van der Waals surface area contributed by atoms with Crippen molar-refractivity contribution in [2.75, 3.05) is 19.5 Å². The first-order chi connectivity index (χ1) is 9.63. The summed E-state index contributed by atoms with van der Waals surface area (Å²) in [5.74, 6) is 1.26. The molecular weight excluding hydrogens is 256 g/mol. The van der Waals surface area contributed by atoms with E-state index in [1.54, 1.807) is 7.11 Å². The zero-order chi connectivity index (χ0) is 14.5. The second-order valence-electron chi connectivity index (χ2n) is 4.35. The number of nitrogen functional groups attached to an aromatic ring is 1. The second-order valence-corrected chi connectivity index (χ2v) is 4.35. The van der Waals surface area contributed by atoms with Crippen LogP contribution in [0.3, 0.4) is 0 Å². The molecule has 0 amide bonds. The summed E-state index contributed by atoms with van der Waals surface area (Å²) in [7, 11) is 1.60. The summed E-state index contributed by atoms with van der Waals surface area (Å²) in [6.07, 6.45) is 0.870. The van der Waals surface area contributed by atoms with E-state index in [0.717, 1.165) is 17.5 Å². The molecule has 6 nitrogen and oxygen atoms in total. The summed E-state index contributed by atoms with van der Waals surface area (Å²) >= 11 is 0. The maximum atomic E-state index is 5.72. The molecule has 2 N–H and O–H groups in total. The van der Waals surface area contributed by atoms with Crippen LogP contribution in [-0.2, 0) is 0 Å². The number of aromatic nitrogens is 3. The predicted octanol–water partition coefficient (Wildman–Crippen LogP) is 2.23. The molecule has 0 aliphatic carbocycles. The van der Waals surface area contributed by atoms with Crippen LogP contribution in [0.2, 0.25) is 0 Å². The van der Waals surface area contributed by atoms with Gasteiger partial charge in [0.2, 0.25) is 5.95 Å². The summed E-state index contributed by atoms with van der Waals surface area (Å²) in [6, 6.07) is 6.01. The number of hydrogen-bond acceptors (Lipinski definition) is 6. The Balaban J connectivity index is 2.46. The van der Waals surface area contributed by atoms with Gasteiger partial charge in [-0.15, -0.1) is 0 Å². The Hall–Kier alpha value is -2.37. The van der Waals surface area contributed by atoms with Crippen molar-refractivity contribution in [1.82, 2.24) is 15.0 Å². The maximum Gasteiger partial charge on any atom is 0.321 e. The van der Waals surface area contributed by atoms with Gasteiger partial charge in [0.1, 0.15) is 5.75 Å². The topological polar surface area (TPSA) is 83.2 Å². The Morgan fingerprint density at radius 1 is 1.20 bits per heavy atom. The highest BCUT2D eigenvalue weighted by Crippen LogP contribution is 2.29. The fourth-order valence-electron chi connectivity index (χ4n) is 1.75. The molecule has 1 heterocycles. The number of hydrogen-bond donors (Lipinski definition) is 1. The fraction of sp³-hybridized carbons (Fsp3) is 0.357. The van der Waals surface area contributed by atoms with Gasteiger partial charge in [-0.3, -0.25) is 0 Å². The minimum Gasteiger partial charge on any atom is -0.496 e. The lowest BCUT2D eigenvalue weighted by molar-refractivity contribution is 0.292. The Morgan fingerprint density at radius 3 is 2.70 bits per heavy atom. The molecule has 0 bridgehead atoms. The van der Waals surface area contributed by atoms with Crippen LogP contribution in [-0.4, -0.2) is 28.7 Å². The molecule has 1 aromatic heterocycles. The molecule has 0 fully saturated rings. The van der Waals surface area contributed by atoms with E-state index >= 15 is 0 Å². The van der Waals surface area contributed by atoms with Gasteiger partial charge in [-0.25, -0.2) is 0 Å². The number of nitrogens with two attached hydrogens (primary N) is 1. The van der Waals surface area contributed by atoms with E-state index in [1.807, 2.05) is 32.0 Å². The van der Waals surface area contributed by atoms with Crippen LogP contribution in [0.15, 0.2) is 18.2 Å². The van der Waals surface area contributed by atoms with Crippen LogP contribution < -0.4 is 15.2 Å². The van der Waals surface area contributed by atoms with Crippen molar-refractivity contribution in [3.63, 3.8) is 0 Å². The van der Waals surface area contributed by atoms with Gasteiger partial charge in [-0.2, -0.15) is 15.0 Å². The molecular formula is C14H18N4O2. The van der Waals surface area contributed by atoms with E-state index in [9.17, 15) is 0 Å². The Kier molecular flexibility index (Phi) is 4.34. The van der Waals surface area contributed by atoms with E-state index in [4.69, 9.17) is 15.2 Å². The number of aryl methyl sites for hydroxylation is 1. The average molecular weight is 274 g/mol. The van der Waals surface area contributed by atoms with Crippen LogP contribution in [0.1, 0.15) is 18.9 Å². The lowest BCUT2D eigenvalue weighted by atomic mass is 10.1. The normalized spacial score (nSPS) is 10.3. The highest BCUT2D eigenvalue weighted by Gasteiger charge is 2.12. The monoisotopic (exact) mass is 274 g/mol. The summed E-state index contributed by atoms with van der Waals surface area (Å²) in [4.78, 5) is 12.4. The molecule has 2 rings (SSSR count). The lowest BCUT2D eigenvalue weighted by Crippen LogP contribution is -2.06. The van der Waals surface area contributed by atoms with Crippen molar-refractivity contribution >= 4 is 5.95 Å². The van der Waals surface area contributed by atoms with Gasteiger partial charge >= 0.3 is 6.01 Å². The smallest absolute Gasteiger partial charge is 0.321 e. The van der Waals surface area contributed by atoms with E-state index in [1.165, 1.54) is 0 Å². The van der Waals surface area contributed by atoms with Gasteiger partial charge in [-0.05, 0) is 25.5 Å². The van der Waals surface area contributed by atoms with Crippen molar-refractivity contribution in [2.45, 2.75) is 20.3 Å². The van der Waals surface area contributed by atoms with Gasteiger partial charge in [0.25, 0.3) is 0 Å². The first-order valence-corrected chi connectivity index (χ1v) is 6.43. The zero-order valence-electron chi connectivity index (χ0n) is 11.9. The predicted molar refractivity (Wildman–Crippen MR) is 76.8 cm³/mol. The Morgan fingerprint density at radius 2 is 2.00 bits per heavy atom. The van der Waals surface area contributed by atoms with E-state index in [2.05, 4.69) is 15.0 Å². The molecule has 0 aliphatic rings. The standard InChI is InChI=1S/C14H18N4O2/c1-4-7-20-14-17-12(16-13(15)18-14)10-8-9(2)5-6-11(10)19-3/h5-6,8H,4,7H2,1-3H3,(H2,15,16,17,18). The van der Waals surface area contributed by atoms with Crippen molar-refractivity contribution < 1.29 is 9.47 Å². The van der Waals surface area contributed by atoms with Crippen LogP contribution >= 0.6 is 0 Å². The van der Waals surface area contributed by atoms with Gasteiger partial charge in [0.05, 0.1) is 19.3 Å². The van der Waals surface area contributed by atoms with Gasteiger partial charge in [0.15, 0.2) is 5.82 Å². The van der Waals surface area contributed by atoms with E-state index < -0.39 is 0 Å². The van der Waals surface area contributed by atoms with Crippen molar-refractivity contribution in [3.05, 3.63) is 23.8 Å². The number of benzene rings is 1. The highest BCUT2D eigenvalue weighted by molar-refractivity contribution is 5.65. The molecule has 0 atom stereocenters. The number of anilines is 1. The fourth-order valence-corrected chi connectivity index (χ4v) is 1.75. The Labute approximate surface area is 118 Å². The molecule has 0 unspecified atom stereocenters. The number of nitrogens with zero attached hydrogens (tertiary/aromatic N) is 3. The largest absolute Gasteiger partial charge is 0.496 e. The number of rotatable bonds is 5. The van der Waals surface area contributed by atoms with Crippen LogP contribution in [0.5, 0.6) is 11.8 Å². The summed E-state index contributed by atoms with van der Waals surface area (Å²) in [6.45, 7) is 4.53. The molecule has 2 aromatic rings. The first kappa shape index (κ1) is 14.0. The lowest BCUT2D eigenvalue weighted by Gasteiger charge is -2.10. The third kappa shape index (κ3) is 3.14. The molecule has 0 aliphatic heterocycles. The van der Waals surface area contributed by atoms with Crippen LogP contribution in [0.4, 0.5) is 5.95 Å². The zero-order valence-corrected chi connectivity index (χ0v) is 11.9. The molecule has 0 saturated carbocycles. The molecule has 20 heavy (non-hydrogen) atoms. The minimum absolute atomic E-state index is 0.129. The van der Waals surface area contributed by atoms with Gasteiger partial charge < -0.3 is 15.2 Å². The Bertz CT molecular complexity index is 602. The van der Waals surface area contributed by atoms with Crippen molar-refractivity contribution in [1.29, 1.82) is 0 Å². The van der Waals surface area contributed by atoms with Crippen molar-refractivity contribution in [2.24, 2.45) is 0 Å². The SMILES string of the molecule is CCCOc1nc(N)nc(-c2cc(C)ccc2OC)n1. The summed E-state index contributed by atoms with van der Waals surface area (Å²) in [5.41, 5.74) is 7.56. The molecule has 0 saturated heterocycles. The van der Waals surface area contributed by atoms with Gasteiger partial charge in [-0.1, -0.05) is 18.6 Å². The minimum atomic E-state index is 0.129. The molecule has 6 heteroatoms. The summed E-state index contributed by atoms with van der Waals surface area (Å²) in [5, 5.41) is 0. The molecule has 0 spiro atoms. The molecule has 1 aromatic carbocycles. The number of ether oxygens (including phenoxy) is 2. The van der Waals surface area contributed by atoms with Gasteiger partial charge in [0, 0.05) is 0 Å².